The van der Waals surface area contributed by atoms with Crippen molar-refractivity contribution < 1.29 is 4.74 Å². The van der Waals surface area contributed by atoms with Crippen LogP contribution in [0.3, 0.4) is 0 Å². The molecule has 0 bridgehead atoms. The third kappa shape index (κ3) is 5.72. The zero-order chi connectivity index (χ0) is 12.5. The topological polar surface area (TPSA) is 9.23 Å². The van der Waals surface area contributed by atoms with Gasteiger partial charge in [0.1, 0.15) is 0 Å². The first kappa shape index (κ1) is 14.8. The summed E-state index contributed by atoms with van der Waals surface area (Å²) < 4.78 is 5.92. The van der Waals surface area contributed by atoms with Crippen molar-refractivity contribution in [3.63, 3.8) is 0 Å². The van der Waals surface area contributed by atoms with Crippen LogP contribution in [0.2, 0.25) is 0 Å². The summed E-state index contributed by atoms with van der Waals surface area (Å²) in [6.45, 7) is 9.51. The fourth-order valence-electron chi connectivity index (χ4n) is 2.81. The SMILES string of the molecule is C=C(C)[C@H]1CCCO[C@@H]1CCCCCCCC. The third-order valence-electron chi connectivity index (χ3n) is 3.92. The van der Waals surface area contributed by atoms with Crippen LogP contribution < -0.4 is 0 Å². The summed E-state index contributed by atoms with van der Waals surface area (Å²) in [5, 5.41) is 0. The van der Waals surface area contributed by atoms with Gasteiger partial charge in [0.05, 0.1) is 6.10 Å². The second-order valence-corrected chi connectivity index (χ2v) is 5.56. The second kappa shape index (κ2) is 8.74. The molecule has 0 aromatic carbocycles. The summed E-state index contributed by atoms with van der Waals surface area (Å²) in [5.74, 6) is 0.624. The van der Waals surface area contributed by atoms with Gasteiger partial charge in [0, 0.05) is 12.5 Å². The molecule has 0 N–H and O–H groups in total. The maximum Gasteiger partial charge on any atom is 0.0640 e. The van der Waals surface area contributed by atoms with Crippen LogP contribution in [0.4, 0.5) is 0 Å². The normalized spacial score (nSPS) is 24.8. The average molecular weight is 238 g/mol. The van der Waals surface area contributed by atoms with E-state index < -0.39 is 0 Å². The Morgan fingerprint density at radius 3 is 2.59 bits per heavy atom. The van der Waals surface area contributed by atoms with Gasteiger partial charge >= 0.3 is 0 Å². The lowest BCUT2D eigenvalue weighted by atomic mass is 9.86. The molecule has 1 fully saturated rings. The fraction of sp³-hybridized carbons (Fsp3) is 0.875. The van der Waals surface area contributed by atoms with Crippen molar-refractivity contribution in [3.05, 3.63) is 12.2 Å². The molecule has 1 heteroatoms. The van der Waals surface area contributed by atoms with E-state index in [1.54, 1.807) is 0 Å². The zero-order valence-electron chi connectivity index (χ0n) is 11.8. The zero-order valence-corrected chi connectivity index (χ0v) is 11.8. The standard InChI is InChI=1S/C16H30O/c1-4-5-6-7-8-9-12-16-15(14(2)3)11-10-13-17-16/h15-16H,2,4-13H2,1,3H3/t15-,16-/m1/s1. The Morgan fingerprint density at radius 2 is 1.88 bits per heavy atom. The lowest BCUT2D eigenvalue weighted by molar-refractivity contribution is -0.0200. The molecule has 0 aromatic heterocycles. The summed E-state index contributed by atoms with van der Waals surface area (Å²) >= 11 is 0. The van der Waals surface area contributed by atoms with E-state index in [1.807, 2.05) is 0 Å². The lowest BCUT2D eigenvalue weighted by Crippen LogP contribution is -2.30. The Balaban J connectivity index is 2.13. The molecule has 1 rings (SSSR count). The molecule has 100 valence electrons. The van der Waals surface area contributed by atoms with E-state index in [4.69, 9.17) is 4.74 Å². The van der Waals surface area contributed by atoms with Gasteiger partial charge in [-0.1, -0.05) is 57.6 Å². The fourth-order valence-corrected chi connectivity index (χ4v) is 2.81. The highest BCUT2D eigenvalue weighted by molar-refractivity contribution is 5.00. The summed E-state index contributed by atoms with van der Waals surface area (Å²) in [6.07, 6.45) is 12.5. The minimum absolute atomic E-state index is 0.465. The van der Waals surface area contributed by atoms with Gasteiger partial charge in [-0.05, 0) is 26.2 Å². The van der Waals surface area contributed by atoms with Crippen LogP contribution >= 0.6 is 0 Å². The van der Waals surface area contributed by atoms with E-state index in [2.05, 4.69) is 20.4 Å². The molecule has 0 aromatic rings. The second-order valence-electron chi connectivity index (χ2n) is 5.56. The quantitative estimate of drug-likeness (QED) is 0.422. The number of hydrogen-bond acceptors (Lipinski definition) is 1. The van der Waals surface area contributed by atoms with Gasteiger partial charge in [-0.25, -0.2) is 0 Å². The first-order valence-corrected chi connectivity index (χ1v) is 7.52. The molecule has 0 saturated carbocycles. The maximum absolute atomic E-state index is 5.92. The van der Waals surface area contributed by atoms with E-state index in [0.29, 0.717) is 12.0 Å². The van der Waals surface area contributed by atoms with E-state index in [-0.39, 0.29) is 0 Å². The maximum atomic E-state index is 5.92. The third-order valence-corrected chi connectivity index (χ3v) is 3.92. The molecule has 0 unspecified atom stereocenters. The molecule has 1 heterocycles. The number of ether oxygens (including phenoxy) is 1. The average Bonchev–Trinajstić information content (AvgIpc) is 2.34. The monoisotopic (exact) mass is 238 g/mol. The molecule has 0 spiro atoms. The summed E-state index contributed by atoms with van der Waals surface area (Å²) in [4.78, 5) is 0. The minimum Gasteiger partial charge on any atom is -0.378 e. The van der Waals surface area contributed by atoms with Crippen LogP contribution in [0.5, 0.6) is 0 Å². The molecule has 1 aliphatic rings. The summed E-state index contributed by atoms with van der Waals surface area (Å²) in [5.41, 5.74) is 1.32. The first-order chi connectivity index (χ1) is 8.25. The molecule has 1 aliphatic heterocycles. The van der Waals surface area contributed by atoms with Crippen LogP contribution in [-0.4, -0.2) is 12.7 Å². The first-order valence-electron chi connectivity index (χ1n) is 7.52. The Morgan fingerprint density at radius 1 is 1.18 bits per heavy atom. The van der Waals surface area contributed by atoms with Crippen molar-refractivity contribution in [2.75, 3.05) is 6.61 Å². The van der Waals surface area contributed by atoms with E-state index >= 15 is 0 Å². The van der Waals surface area contributed by atoms with Crippen LogP contribution in [0, 0.1) is 5.92 Å². The van der Waals surface area contributed by atoms with Gasteiger partial charge in [0.25, 0.3) is 0 Å². The molecule has 0 radical (unpaired) electrons. The predicted molar refractivity (Wildman–Crippen MR) is 75.3 cm³/mol. The van der Waals surface area contributed by atoms with Crippen LogP contribution in [0.1, 0.15) is 71.6 Å². The predicted octanol–water partition coefficient (Wildman–Crippen LogP) is 5.11. The van der Waals surface area contributed by atoms with Gasteiger partial charge in [0.15, 0.2) is 0 Å². The van der Waals surface area contributed by atoms with Crippen molar-refractivity contribution in [1.29, 1.82) is 0 Å². The molecule has 2 atom stereocenters. The highest BCUT2D eigenvalue weighted by Gasteiger charge is 2.25. The van der Waals surface area contributed by atoms with Crippen molar-refractivity contribution in [2.45, 2.75) is 77.7 Å². The van der Waals surface area contributed by atoms with Gasteiger partial charge < -0.3 is 4.74 Å². The number of rotatable bonds is 8. The highest BCUT2D eigenvalue weighted by atomic mass is 16.5. The molecule has 1 saturated heterocycles. The number of unbranched alkanes of at least 4 members (excludes halogenated alkanes) is 5. The largest absolute Gasteiger partial charge is 0.378 e. The lowest BCUT2D eigenvalue weighted by Gasteiger charge is -2.32. The molecule has 0 aliphatic carbocycles. The van der Waals surface area contributed by atoms with Gasteiger partial charge in [-0.2, -0.15) is 0 Å². The van der Waals surface area contributed by atoms with Crippen LogP contribution in [0.25, 0.3) is 0 Å². The van der Waals surface area contributed by atoms with Crippen molar-refractivity contribution in [1.82, 2.24) is 0 Å². The molecule has 17 heavy (non-hydrogen) atoms. The van der Waals surface area contributed by atoms with Crippen LogP contribution in [-0.2, 0) is 4.74 Å². The number of hydrogen-bond donors (Lipinski definition) is 0. The minimum atomic E-state index is 0.465. The van der Waals surface area contributed by atoms with Crippen molar-refractivity contribution in [3.8, 4) is 0 Å². The highest BCUT2D eigenvalue weighted by Crippen LogP contribution is 2.29. The molecular weight excluding hydrogens is 208 g/mol. The molecule has 0 amide bonds. The Labute approximate surface area is 108 Å². The summed E-state index contributed by atoms with van der Waals surface area (Å²) in [7, 11) is 0. The Bertz CT molecular complexity index is 210. The van der Waals surface area contributed by atoms with Gasteiger partial charge in [-0.3, -0.25) is 0 Å². The molecular formula is C16H30O. The molecule has 1 nitrogen and oxygen atoms in total. The van der Waals surface area contributed by atoms with Crippen LogP contribution in [0.15, 0.2) is 12.2 Å². The van der Waals surface area contributed by atoms with Gasteiger partial charge in [0.2, 0.25) is 0 Å². The van der Waals surface area contributed by atoms with Gasteiger partial charge in [-0.15, -0.1) is 0 Å². The van der Waals surface area contributed by atoms with Crippen molar-refractivity contribution >= 4 is 0 Å². The Kier molecular flexibility index (Phi) is 7.59. The smallest absolute Gasteiger partial charge is 0.0640 e. The van der Waals surface area contributed by atoms with E-state index in [9.17, 15) is 0 Å². The Hall–Kier alpha value is -0.300. The van der Waals surface area contributed by atoms with E-state index in [1.165, 1.54) is 63.4 Å². The summed E-state index contributed by atoms with van der Waals surface area (Å²) in [6, 6.07) is 0. The van der Waals surface area contributed by atoms with E-state index in [0.717, 1.165) is 6.61 Å². The van der Waals surface area contributed by atoms with Crippen molar-refractivity contribution in [2.24, 2.45) is 5.92 Å².